The van der Waals surface area contributed by atoms with E-state index < -0.39 is 0 Å². The third kappa shape index (κ3) is 2.94. The summed E-state index contributed by atoms with van der Waals surface area (Å²) in [6.45, 7) is 0. The number of nitrogens with zero attached hydrogens (tertiary/aromatic N) is 1. The topological polar surface area (TPSA) is 43.1 Å². The molecule has 0 atom stereocenters. The van der Waals surface area contributed by atoms with E-state index in [1.54, 1.807) is 12.1 Å². The number of nitro benzene ring substituents is 1. The van der Waals surface area contributed by atoms with Crippen LogP contribution in [0.5, 0.6) is 0 Å². The molecule has 0 aromatic heterocycles. The van der Waals surface area contributed by atoms with Crippen LogP contribution < -0.4 is 3.58 Å². The molecule has 0 aliphatic rings. The predicted octanol–water partition coefficient (Wildman–Crippen LogP) is 1.33. The van der Waals surface area contributed by atoms with Crippen LogP contribution >= 0.6 is 15.9 Å². The first kappa shape index (κ1) is 11.0. The number of nitro groups is 1. The van der Waals surface area contributed by atoms with Crippen LogP contribution in [0.3, 0.4) is 0 Å². The molecule has 13 heavy (non-hydrogen) atoms. The molecule has 0 saturated heterocycles. The van der Waals surface area contributed by atoms with E-state index in [-0.39, 0.29) is 10.6 Å². The van der Waals surface area contributed by atoms with Gasteiger partial charge in [0.15, 0.2) is 0 Å². The summed E-state index contributed by atoms with van der Waals surface area (Å²) in [4.78, 5) is 10.1. The van der Waals surface area contributed by atoms with E-state index in [1.165, 1.54) is 26.1 Å². The molecule has 0 unspecified atom stereocenters. The van der Waals surface area contributed by atoms with Gasteiger partial charge in [-0.15, -0.1) is 0 Å². The first-order valence-corrected chi connectivity index (χ1v) is 6.25. The maximum atomic E-state index is 10.5. The molecule has 0 bridgehead atoms. The Morgan fingerprint density at radius 1 is 1.54 bits per heavy atom. The summed E-state index contributed by atoms with van der Waals surface area (Å²) < 4.78 is 1.19. The van der Waals surface area contributed by atoms with E-state index in [0.29, 0.717) is 0 Å². The molecule has 3 nitrogen and oxygen atoms in total. The van der Waals surface area contributed by atoms with E-state index in [4.69, 9.17) is 0 Å². The van der Waals surface area contributed by atoms with Crippen molar-refractivity contribution in [2.24, 2.45) is 0 Å². The zero-order valence-corrected chi connectivity index (χ0v) is 11.2. The Labute approximate surface area is 97.9 Å². The van der Waals surface area contributed by atoms with Gasteiger partial charge in [-0.2, -0.15) is 0 Å². The fourth-order valence-electron chi connectivity index (χ4n) is 1.00. The molecule has 0 spiro atoms. The minimum atomic E-state index is -0.354. The number of non-ortho nitro benzene ring substituents is 1. The quantitative estimate of drug-likeness (QED) is 0.358. The zero-order chi connectivity index (χ0) is 9.84. The van der Waals surface area contributed by atoms with Crippen molar-refractivity contribution in [3.8, 4) is 0 Å². The second-order valence-electron chi connectivity index (χ2n) is 2.54. The minimum absolute atomic E-state index is 0.183. The van der Waals surface area contributed by atoms with Gasteiger partial charge in [-0.1, -0.05) is 0 Å². The molecule has 1 aromatic rings. The van der Waals surface area contributed by atoms with Crippen molar-refractivity contribution in [2.45, 2.75) is 6.42 Å². The number of alkyl halides is 1. The molecule has 5 heteroatoms. The van der Waals surface area contributed by atoms with Crippen molar-refractivity contribution in [1.82, 2.24) is 0 Å². The van der Waals surface area contributed by atoms with Gasteiger partial charge in [-0.05, 0) is 0 Å². The van der Waals surface area contributed by atoms with E-state index in [1.807, 2.05) is 6.07 Å². The van der Waals surface area contributed by atoms with Gasteiger partial charge < -0.3 is 0 Å². The summed E-state index contributed by atoms with van der Waals surface area (Å²) >= 11 is 4.62. The fourth-order valence-corrected chi connectivity index (χ4v) is 2.23. The van der Waals surface area contributed by atoms with Crippen molar-refractivity contribution in [3.63, 3.8) is 0 Å². The van der Waals surface area contributed by atoms with Crippen LogP contribution in [0.4, 0.5) is 5.69 Å². The third-order valence-electron chi connectivity index (χ3n) is 1.66. The average molecular weight is 348 g/mol. The van der Waals surface area contributed by atoms with E-state index >= 15 is 0 Å². The van der Waals surface area contributed by atoms with Crippen LogP contribution in [0, 0.1) is 10.1 Å². The fraction of sp³-hybridized carbons (Fsp3) is 0.250. The van der Waals surface area contributed by atoms with Crippen LogP contribution in [0.1, 0.15) is 5.56 Å². The molecular weight excluding hydrogens is 341 g/mol. The second-order valence-corrected chi connectivity index (χ2v) is 4.87. The van der Waals surface area contributed by atoms with Crippen LogP contribution in [-0.4, -0.2) is 32.8 Å². The monoisotopic (exact) mass is 348 g/mol. The molecule has 0 aliphatic heterocycles. The molecule has 1 aromatic carbocycles. The summed E-state index contributed by atoms with van der Waals surface area (Å²) in [6, 6.07) is 5.04. The van der Waals surface area contributed by atoms with E-state index in [9.17, 15) is 10.1 Å². The Morgan fingerprint density at radius 3 is 2.77 bits per heavy atom. The van der Waals surface area contributed by atoms with Gasteiger partial charge >= 0.3 is 98.3 Å². The van der Waals surface area contributed by atoms with E-state index in [2.05, 4.69) is 15.9 Å². The van der Waals surface area contributed by atoms with E-state index in [0.717, 1.165) is 17.3 Å². The van der Waals surface area contributed by atoms with Gasteiger partial charge in [0.2, 0.25) is 0 Å². The summed E-state index contributed by atoms with van der Waals surface area (Å²) in [5.41, 5.74) is 1.26. The summed E-state index contributed by atoms with van der Waals surface area (Å²) in [5, 5.41) is 11.3. The standard InChI is InChI=1S/C8H7BrNO2.Sn/c9-5-4-7-2-1-3-8(6-7)10(11)12;/h1,3,6H,4-5H2;. The number of aryl methyl sites for hydroxylation is 1. The average Bonchev–Trinajstić information content (AvgIpc) is 2.08. The Bertz CT molecular complexity index is 330. The van der Waals surface area contributed by atoms with Crippen molar-refractivity contribution in [1.29, 1.82) is 0 Å². The number of benzene rings is 1. The Morgan fingerprint density at radius 2 is 2.23 bits per heavy atom. The molecule has 0 fully saturated rings. The normalized spacial score (nSPS) is 10.0. The van der Waals surface area contributed by atoms with Crippen LogP contribution in [0.25, 0.3) is 0 Å². The summed E-state index contributed by atoms with van der Waals surface area (Å²) in [6.07, 6.45) is 0.849. The SMILES string of the molecule is O=[N+]([O-])c1cc[c]([Sn])c(CCBr)c1. The van der Waals surface area contributed by atoms with Crippen molar-refractivity contribution in [3.05, 3.63) is 33.9 Å². The number of rotatable bonds is 3. The number of hydrogen-bond acceptors (Lipinski definition) is 2. The number of hydrogen-bond donors (Lipinski definition) is 0. The van der Waals surface area contributed by atoms with Gasteiger partial charge in [0.1, 0.15) is 0 Å². The van der Waals surface area contributed by atoms with Gasteiger partial charge in [0.25, 0.3) is 0 Å². The first-order chi connectivity index (χ1) is 6.15. The van der Waals surface area contributed by atoms with Crippen molar-refractivity contribution >= 4 is 47.7 Å². The van der Waals surface area contributed by atoms with Crippen LogP contribution in [0.2, 0.25) is 0 Å². The summed E-state index contributed by atoms with van der Waals surface area (Å²) in [5.74, 6) is 0. The van der Waals surface area contributed by atoms with Crippen LogP contribution in [0.15, 0.2) is 18.2 Å². The van der Waals surface area contributed by atoms with Gasteiger partial charge in [-0.3, -0.25) is 0 Å². The zero-order valence-electron chi connectivity index (χ0n) is 6.79. The summed E-state index contributed by atoms with van der Waals surface area (Å²) in [7, 11) is 0. The van der Waals surface area contributed by atoms with Gasteiger partial charge in [0, 0.05) is 0 Å². The van der Waals surface area contributed by atoms with Gasteiger partial charge in [0.05, 0.1) is 0 Å². The number of halogens is 1. The predicted molar refractivity (Wildman–Crippen MR) is 56.0 cm³/mol. The third-order valence-corrected chi connectivity index (χ3v) is 3.45. The molecule has 0 N–H and O–H groups in total. The Hall–Kier alpha value is -0.101. The first-order valence-electron chi connectivity index (χ1n) is 3.70. The molecule has 1 rings (SSSR count). The second kappa shape index (κ2) is 4.95. The molecule has 0 saturated carbocycles. The molecule has 0 aliphatic carbocycles. The molecule has 67 valence electrons. The van der Waals surface area contributed by atoms with Crippen molar-refractivity contribution < 1.29 is 4.92 Å². The molecule has 0 heterocycles. The van der Waals surface area contributed by atoms with Gasteiger partial charge in [-0.25, -0.2) is 0 Å². The molecule has 0 amide bonds. The maximum absolute atomic E-state index is 10.5. The van der Waals surface area contributed by atoms with Crippen molar-refractivity contribution in [2.75, 3.05) is 5.33 Å². The Balaban J connectivity index is 3.03. The Kier molecular flexibility index (Phi) is 4.18. The van der Waals surface area contributed by atoms with Crippen LogP contribution in [-0.2, 0) is 6.42 Å². The molecular formula is C8H7BrNO2Sn. The molecule has 3 radical (unpaired) electrons.